The monoisotopic (exact) mass is 353 g/mol. The number of benzene rings is 1. The Hall–Kier alpha value is -2.47. The summed E-state index contributed by atoms with van der Waals surface area (Å²) in [6.07, 6.45) is 4.73. The summed E-state index contributed by atoms with van der Waals surface area (Å²) in [5, 5.41) is 4.81. The largest absolute Gasteiger partial charge is 0.346 e. The van der Waals surface area contributed by atoms with Gasteiger partial charge in [-0.2, -0.15) is 0 Å². The summed E-state index contributed by atoms with van der Waals surface area (Å²) in [4.78, 5) is 30.4. The number of amides is 1. The second kappa shape index (κ2) is 6.44. The molecule has 3 aromatic rings. The highest BCUT2D eigenvalue weighted by Crippen LogP contribution is 2.32. The van der Waals surface area contributed by atoms with Crippen molar-refractivity contribution in [3.63, 3.8) is 0 Å². The lowest BCUT2D eigenvalue weighted by molar-refractivity contribution is -0.122. The number of rotatable bonds is 3. The lowest BCUT2D eigenvalue weighted by Crippen LogP contribution is -2.33. The summed E-state index contributed by atoms with van der Waals surface area (Å²) in [7, 11) is 0. The quantitative estimate of drug-likeness (QED) is 0.787. The minimum atomic E-state index is -0.0581. The van der Waals surface area contributed by atoms with Gasteiger partial charge < -0.3 is 9.88 Å². The Morgan fingerprint density at radius 3 is 3.08 bits per heavy atom. The topological polar surface area (TPSA) is 64.0 Å². The third kappa shape index (κ3) is 3.09. The molecule has 0 unspecified atom stereocenters. The van der Waals surface area contributed by atoms with Crippen molar-refractivity contribution in [1.82, 2.24) is 14.9 Å². The SMILES string of the molecule is Cc1nc2c(s1)CCC[C@@H]2NC(=O)Cn1ccc(=O)c2ccccc21. The van der Waals surface area contributed by atoms with Gasteiger partial charge in [0.25, 0.3) is 0 Å². The molecule has 2 aromatic heterocycles. The Morgan fingerprint density at radius 2 is 2.20 bits per heavy atom. The van der Waals surface area contributed by atoms with Crippen LogP contribution in [0.25, 0.3) is 10.9 Å². The van der Waals surface area contributed by atoms with Crippen molar-refractivity contribution in [3.05, 3.63) is 62.3 Å². The van der Waals surface area contributed by atoms with E-state index in [9.17, 15) is 9.59 Å². The summed E-state index contributed by atoms with van der Waals surface area (Å²) in [6.45, 7) is 2.20. The van der Waals surface area contributed by atoms with Gasteiger partial charge in [-0.3, -0.25) is 9.59 Å². The van der Waals surface area contributed by atoms with Crippen LogP contribution in [0.5, 0.6) is 0 Å². The molecule has 0 fully saturated rings. The van der Waals surface area contributed by atoms with Crippen LogP contribution in [0.1, 0.15) is 34.5 Å². The molecule has 1 aliphatic carbocycles. The molecular weight excluding hydrogens is 334 g/mol. The number of carbonyl (C=O) groups is 1. The number of aromatic nitrogens is 2. The Kier molecular flexibility index (Phi) is 4.13. The van der Waals surface area contributed by atoms with Crippen molar-refractivity contribution in [2.75, 3.05) is 0 Å². The van der Waals surface area contributed by atoms with Crippen LogP contribution in [0.2, 0.25) is 0 Å². The van der Waals surface area contributed by atoms with Gasteiger partial charge in [-0.05, 0) is 38.3 Å². The standard InChI is InChI=1S/C19H19N3O2S/c1-12-20-19-14(6-4-8-17(19)25-12)21-18(24)11-22-10-9-16(23)13-5-2-3-7-15(13)22/h2-3,5,7,9-10,14H,4,6,8,11H2,1H3,(H,21,24)/t14-/m0/s1. The maximum Gasteiger partial charge on any atom is 0.240 e. The maximum atomic E-state index is 12.6. The highest BCUT2D eigenvalue weighted by atomic mass is 32.1. The predicted octanol–water partition coefficient (Wildman–Crippen LogP) is 2.96. The third-order valence-electron chi connectivity index (χ3n) is 4.60. The highest BCUT2D eigenvalue weighted by Gasteiger charge is 2.25. The molecular formula is C19H19N3O2S. The number of aryl methyl sites for hydroxylation is 2. The van der Waals surface area contributed by atoms with Crippen LogP contribution in [0.4, 0.5) is 0 Å². The van der Waals surface area contributed by atoms with Crippen LogP contribution in [-0.2, 0) is 17.8 Å². The zero-order valence-corrected chi connectivity index (χ0v) is 14.8. The molecule has 1 aromatic carbocycles. The van der Waals surface area contributed by atoms with Gasteiger partial charge in [0.15, 0.2) is 5.43 Å². The van der Waals surface area contributed by atoms with Gasteiger partial charge >= 0.3 is 0 Å². The molecule has 2 heterocycles. The molecule has 0 radical (unpaired) electrons. The fourth-order valence-electron chi connectivity index (χ4n) is 3.47. The Bertz CT molecular complexity index is 1010. The van der Waals surface area contributed by atoms with Gasteiger partial charge in [0.2, 0.25) is 5.91 Å². The predicted molar refractivity (Wildman–Crippen MR) is 98.9 cm³/mol. The first kappa shape index (κ1) is 16.0. The zero-order valence-electron chi connectivity index (χ0n) is 14.0. The normalized spacial score (nSPS) is 16.6. The average Bonchev–Trinajstić information content (AvgIpc) is 2.99. The lowest BCUT2D eigenvalue weighted by atomic mass is 9.97. The Balaban J connectivity index is 1.56. The number of nitrogens with zero attached hydrogens (tertiary/aromatic N) is 2. The second-order valence-electron chi connectivity index (χ2n) is 6.38. The first-order chi connectivity index (χ1) is 12.1. The number of hydrogen-bond donors (Lipinski definition) is 1. The van der Waals surface area contributed by atoms with Gasteiger partial charge in [0.05, 0.1) is 22.3 Å². The molecule has 0 spiro atoms. The van der Waals surface area contributed by atoms with Crippen molar-refractivity contribution >= 4 is 28.1 Å². The molecule has 1 N–H and O–H groups in total. The van der Waals surface area contributed by atoms with E-state index < -0.39 is 0 Å². The van der Waals surface area contributed by atoms with Crippen LogP contribution in [0.15, 0.2) is 41.3 Å². The molecule has 0 aliphatic heterocycles. The van der Waals surface area contributed by atoms with Crippen LogP contribution >= 0.6 is 11.3 Å². The van der Waals surface area contributed by atoms with E-state index in [0.717, 1.165) is 35.5 Å². The fraction of sp³-hybridized carbons (Fsp3) is 0.316. The number of carbonyl (C=O) groups excluding carboxylic acids is 1. The van der Waals surface area contributed by atoms with Gasteiger partial charge in [-0.25, -0.2) is 4.98 Å². The van der Waals surface area contributed by atoms with E-state index in [2.05, 4.69) is 10.3 Å². The molecule has 5 nitrogen and oxygen atoms in total. The summed E-state index contributed by atoms with van der Waals surface area (Å²) < 4.78 is 1.82. The van der Waals surface area contributed by atoms with E-state index in [1.807, 2.05) is 29.7 Å². The Morgan fingerprint density at radius 1 is 1.36 bits per heavy atom. The number of nitrogens with one attached hydrogen (secondary N) is 1. The molecule has 0 saturated carbocycles. The van der Waals surface area contributed by atoms with Gasteiger partial charge in [0, 0.05) is 22.5 Å². The smallest absolute Gasteiger partial charge is 0.240 e. The van der Waals surface area contributed by atoms with Crippen LogP contribution in [-0.4, -0.2) is 15.5 Å². The van der Waals surface area contributed by atoms with E-state index >= 15 is 0 Å². The van der Waals surface area contributed by atoms with Crippen LogP contribution in [0, 0.1) is 6.92 Å². The number of pyridine rings is 1. The van der Waals surface area contributed by atoms with Crippen LogP contribution < -0.4 is 10.7 Å². The molecule has 6 heteroatoms. The van der Waals surface area contributed by atoms with Crippen molar-refractivity contribution < 1.29 is 4.79 Å². The van der Waals surface area contributed by atoms with E-state index in [1.165, 1.54) is 10.9 Å². The first-order valence-electron chi connectivity index (χ1n) is 8.45. The molecule has 1 aliphatic rings. The summed E-state index contributed by atoms with van der Waals surface area (Å²) >= 11 is 1.73. The van der Waals surface area contributed by atoms with Crippen LogP contribution in [0.3, 0.4) is 0 Å². The van der Waals surface area contributed by atoms with E-state index in [4.69, 9.17) is 0 Å². The molecule has 4 rings (SSSR count). The van der Waals surface area contributed by atoms with E-state index in [-0.39, 0.29) is 23.9 Å². The molecule has 25 heavy (non-hydrogen) atoms. The molecule has 0 saturated heterocycles. The van der Waals surface area contributed by atoms with Gasteiger partial charge in [-0.15, -0.1) is 11.3 Å². The zero-order chi connectivity index (χ0) is 17.4. The fourth-order valence-corrected chi connectivity index (χ4v) is 4.51. The van der Waals surface area contributed by atoms with Crippen molar-refractivity contribution in [2.45, 2.75) is 38.8 Å². The summed E-state index contributed by atoms with van der Waals surface area (Å²) in [6, 6.07) is 8.87. The molecule has 1 amide bonds. The van der Waals surface area contributed by atoms with E-state index in [0.29, 0.717) is 5.39 Å². The van der Waals surface area contributed by atoms with Crippen molar-refractivity contribution in [3.8, 4) is 0 Å². The summed E-state index contributed by atoms with van der Waals surface area (Å²) in [5.41, 5.74) is 1.79. The average molecular weight is 353 g/mol. The molecule has 1 atom stereocenters. The minimum Gasteiger partial charge on any atom is -0.346 e. The Labute approximate surface area is 149 Å². The highest BCUT2D eigenvalue weighted by molar-refractivity contribution is 7.11. The number of hydrogen-bond acceptors (Lipinski definition) is 4. The number of fused-ring (bicyclic) bond motifs is 2. The van der Waals surface area contributed by atoms with Gasteiger partial charge in [0.1, 0.15) is 6.54 Å². The maximum absolute atomic E-state index is 12.6. The van der Waals surface area contributed by atoms with E-state index in [1.54, 1.807) is 23.6 Å². The first-order valence-corrected chi connectivity index (χ1v) is 9.27. The molecule has 0 bridgehead atoms. The summed E-state index contributed by atoms with van der Waals surface area (Å²) in [5.74, 6) is -0.0581. The third-order valence-corrected chi connectivity index (χ3v) is 5.64. The number of thiazole rings is 1. The van der Waals surface area contributed by atoms with Gasteiger partial charge in [-0.1, -0.05) is 12.1 Å². The van der Waals surface area contributed by atoms with Crippen molar-refractivity contribution in [2.24, 2.45) is 0 Å². The second-order valence-corrected chi connectivity index (χ2v) is 7.67. The lowest BCUT2D eigenvalue weighted by Gasteiger charge is -2.22. The minimum absolute atomic E-state index is 0.00755. The number of para-hydroxylation sites is 1. The molecule has 128 valence electrons. The van der Waals surface area contributed by atoms with Crippen molar-refractivity contribution in [1.29, 1.82) is 0 Å².